The Kier molecular flexibility index (Phi) is 5.08. The van der Waals surface area contributed by atoms with Crippen molar-refractivity contribution in [2.24, 2.45) is 11.7 Å². The summed E-state index contributed by atoms with van der Waals surface area (Å²) >= 11 is 0. The molecule has 0 heterocycles. The van der Waals surface area contributed by atoms with Crippen LogP contribution < -0.4 is 5.73 Å². The molecule has 0 radical (unpaired) electrons. The molecule has 50 valence electrons. The first kappa shape index (κ1) is 7.96. The van der Waals surface area contributed by atoms with E-state index in [0.717, 1.165) is 12.5 Å². The monoisotopic (exact) mass is 115 g/mol. The van der Waals surface area contributed by atoms with E-state index in [1.54, 1.807) is 0 Å². The Bertz CT molecular complexity index is 43.7. The molecule has 0 spiro atoms. The summed E-state index contributed by atoms with van der Waals surface area (Å²) in [4.78, 5) is 0. The van der Waals surface area contributed by atoms with Gasteiger partial charge < -0.3 is 5.73 Å². The van der Waals surface area contributed by atoms with Crippen LogP contribution in [0.5, 0.6) is 0 Å². The maximum Gasteiger partial charge on any atom is -0.00772 e. The molecule has 0 amide bonds. The number of hydrogen-bond acceptors (Lipinski definition) is 1. The maximum absolute atomic E-state index is 5.33. The highest BCUT2D eigenvalue weighted by Crippen LogP contribution is 2.07. The summed E-state index contributed by atoms with van der Waals surface area (Å²) in [6.45, 7) is 5.35. The lowest BCUT2D eigenvalue weighted by molar-refractivity contribution is 0.499. The SMILES string of the molecule is CCC(C)CCCN. The van der Waals surface area contributed by atoms with Crippen LogP contribution >= 0.6 is 0 Å². The van der Waals surface area contributed by atoms with Gasteiger partial charge in [0.05, 0.1) is 0 Å². The Balaban J connectivity index is 2.86. The Morgan fingerprint density at radius 2 is 2.12 bits per heavy atom. The summed E-state index contributed by atoms with van der Waals surface area (Å²) < 4.78 is 0. The van der Waals surface area contributed by atoms with Gasteiger partial charge in [-0.3, -0.25) is 0 Å². The smallest absolute Gasteiger partial charge is 0.00772 e. The summed E-state index contributed by atoms with van der Waals surface area (Å²) in [6, 6.07) is 0. The third kappa shape index (κ3) is 4.13. The Labute approximate surface area is 52.3 Å². The first-order valence-electron chi connectivity index (χ1n) is 3.51. The van der Waals surface area contributed by atoms with Gasteiger partial charge in [-0.15, -0.1) is 0 Å². The molecule has 1 heteroatoms. The standard InChI is InChI=1S/C7H17N/c1-3-7(2)5-4-6-8/h7H,3-6,8H2,1-2H3. The highest BCUT2D eigenvalue weighted by molar-refractivity contribution is 4.49. The van der Waals surface area contributed by atoms with Crippen molar-refractivity contribution < 1.29 is 0 Å². The van der Waals surface area contributed by atoms with Crippen LogP contribution in [-0.2, 0) is 0 Å². The first-order chi connectivity index (χ1) is 3.81. The minimum atomic E-state index is 0.852. The molecule has 0 aliphatic carbocycles. The highest BCUT2D eigenvalue weighted by atomic mass is 14.5. The fourth-order valence-electron chi connectivity index (χ4n) is 0.670. The second-order valence-corrected chi connectivity index (χ2v) is 2.44. The van der Waals surface area contributed by atoms with E-state index in [2.05, 4.69) is 13.8 Å². The molecule has 1 unspecified atom stereocenters. The fraction of sp³-hybridized carbons (Fsp3) is 1.00. The van der Waals surface area contributed by atoms with Crippen LogP contribution in [0.15, 0.2) is 0 Å². The largest absolute Gasteiger partial charge is 0.330 e. The molecule has 0 saturated carbocycles. The molecular weight excluding hydrogens is 98.1 g/mol. The van der Waals surface area contributed by atoms with E-state index in [-0.39, 0.29) is 0 Å². The maximum atomic E-state index is 5.33. The van der Waals surface area contributed by atoms with Crippen LogP contribution in [0.25, 0.3) is 0 Å². The third-order valence-electron chi connectivity index (χ3n) is 1.60. The van der Waals surface area contributed by atoms with Gasteiger partial charge >= 0.3 is 0 Å². The van der Waals surface area contributed by atoms with Crippen molar-refractivity contribution >= 4 is 0 Å². The molecule has 1 nitrogen and oxygen atoms in total. The average molecular weight is 115 g/mol. The minimum absolute atomic E-state index is 0.852. The summed E-state index contributed by atoms with van der Waals surface area (Å²) in [5.74, 6) is 0.874. The zero-order chi connectivity index (χ0) is 6.41. The summed E-state index contributed by atoms with van der Waals surface area (Å²) in [6.07, 6.45) is 3.78. The molecule has 0 aromatic carbocycles. The molecule has 0 aromatic rings. The quantitative estimate of drug-likeness (QED) is 0.593. The van der Waals surface area contributed by atoms with Crippen molar-refractivity contribution in [3.8, 4) is 0 Å². The van der Waals surface area contributed by atoms with Gasteiger partial charge in [0, 0.05) is 0 Å². The molecule has 0 rings (SSSR count). The van der Waals surface area contributed by atoms with E-state index in [1.807, 2.05) is 0 Å². The summed E-state index contributed by atoms with van der Waals surface area (Å²) in [7, 11) is 0. The van der Waals surface area contributed by atoms with E-state index in [9.17, 15) is 0 Å². The predicted octanol–water partition coefficient (Wildman–Crippen LogP) is 1.77. The van der Waals surface area contributed by atoms with Crippen molar-refractivity contribution in [3.63, 3.8) is 0 Å². The van der Waals surface area contributed by atoms with Crippen LogP contribution in [0.1, 0.15) is 33.1 Å². The summed E-state index contributed by atoms with van der Waals surface area (Å²) in [5.41, 5.74) is 5.33. The van der Waals surface area contributed by atoms with Crippen molar-refractivity contribution in [3.05, 3.63) is 0 Å². The van der Waals surface area contributed by atoms with Crippen LogP contribution in [0.3, 0.4) is 0 Å². The molecule has 0 aliphatic rings. The van der Waals surface area contributed by atoms with E-state index < -0.39 is 0 Å². The lowest BCUT2D eigenvalue weighted by Gasteiger charge is -2.04. The predicted molar refractivity (Wildman–Crippen MR) is 37.7 cm³/mol. The molecular formula is C7H17N. The lowest BCUT2D eigenvalue weighted by atomic mass is 10.0. The van der Waals surface area contributed by atoms with Gasteiger partial charge in [0.25, 0.3) is 0 Å². The lowest BCUT2D eigenvalue weighted by Crippen LogP contribution is -2.01. The van der Waals surface area contributed by atoms with E-state index in [0.29, 0.717) is 0 Å². The van der Waals surface area contributed by atoms with E-state index >= 15 is 0 Å². The molecule has 0 aromatic heterocycles. The van der Waals surface area contributed by atoms with Gasteiger partial charge in [-0.05, 0) is 25.3 Å². The van der Waals surface area contributed by atoms with Gasteiger partial charge in [-0.25, -0.2) is 0 Å². The van der Waals surface area contributed by atoms with Gasteiger partial charge in [0.15, 0.2) is 0 Å². The first-order valence-corrected chi connectivity index (χ1v) is 3.51. The Morgan fingerprint density at radius 1 is 1.50 bits per heavy atom. The fourth-order valence-corrected chi connectivity index (χ4v) is 0.670. The van der Waals surface area contributed by atoms with Crippen molar-refractivity contribution in [1.82, 2.24) is 0 Å². The number of nitrogens with two attached hydrogens (primary N) is 1. The third-order valence-corrected chi connectivity index (χ3v) is 1.60. The molecule has 2 N–H and O–H groups in total. The molecule has 0 saturated heterocycles. The van der Waals surface area contributed by atoms with Gasteiger partial charge in [-0.1, -0.05) is 20.3 Å². The molecule has 1 atom stereocenters. The van der Waals surface area contributed by atoms with Crippen LogP contribution in [-0.4, -0.2) is 6.54 Å². The second kappa shape index (κ2) is 5.10. The van der Waals surface area contributed by atoms with Gasteiger partial charge in [-0.2, -0.15) is 0 Å². The molecule has 8 heavy (non-hydrogen) atoms. The zero-order valence-electron chi connectivity index (χ0n) is 5.98. The van der Waals surface area contributed by atoms with Crippen LogP contribution in [0.4, 0.5) is 0 Å². The van der Waals surface area contributed by atoms with Crippen molar-refractivity contribution in [2.75, 3.05) is 6.54 Å². The molecule has 0 aliphatic heterocycles. The van der Waals surface area contributed by atoms with Gasteiger partial charge in [0.1, 0.15) is 0 Å². The molecule has 0 bridgehead atoms. The van der Waals surface area contributed by atoms with Crippen molar-refractivity contribution in [1.29, 1.82) is 0 Å². The molecule has 0 fully saturated rings. The normalized spacial score (nSPS) is 13.9. The summed E-state index contributed by atoms with van der Waals surface area (Å²) in [5, 5.41) is 0. The number of hydrogen-bond donors (Lipinski definition) is 1. The Hall–Kier alpha value is -0.0400. The van der Waals surface area contributed by atoms with Crippen LogP contribution in [0.2, 0.25) is 0 Å². The zero-order valence-corrected chi connectivity index (χ0v) is 5.98. The van der Waals surface area contributed by atoms with Gasteiger partial charge in [0.2, 0.25) is 0 Å². The van der Waals surface area contributed by atoms with E-state index in [4.69, 9.17) is 5.73 Å². The van der Waals surface area contributed by atoms with E-state index in [1.165, 1.54) is 19.3 Å². The van der Waals surface area contributed by atoms with Crippen molar-refractivity contribution in [2.45, 2.75) is 33.1 Å². The second-order valence-electron chi connectivity index (χ2n) is 2.44. The average Bonchev–Trinajstić information content (AvgIpc) is 1.83. The number of rotatable bonds is 4. The highest BCUT2D eigenvalue weighted by Gasteiger charge is 1.94. The van der Waals surface area contributed by atoms with Crippen LogP contribution in [0, 0.1) is 5.92 Å². The topological polar surface area (TPSA) is 26.0 Å². The minimum Gasteiger partial charge on any atom is -0.330 e. The Morgan fingerprint density at radius 3 is 2.50 bits per heavy atom.